The summed E-state index contributed by atoms with van der Waals surface area (Å²) in [4.78, 5) is 10.9. The van der Waals surface area contributed by atoms with Crippen LogP contribution in [0.2, 0.25) is 0 Å². The summed E-state index contributed by atoms with van der Waals surface area (Å²) in [7, 11) is 1.65. The van der Waals surface area contributed by atoms with Gasteiger partial charge in [-0.1, -0.05) is 31.2 Å². The molecule has 0 heterocycles. The van der Waals surface area contributed by atoms with Crippen LogP contribution in [0.4, 0.5) is 0 Å². The molecule has 3 unspecified atom stereocenters. The van der Waals surface area contributed by atoms with Crippen LogP contribution in [0.15, 0.2) is 30.3 Å². The van der Waals surface area contributed by atoms with E-state index >= 15 is 0 Å². The zero-order valence-electron chi connectivity index (χ0n) is 11.4. The summed E-state index contributed by atoms with van der Waals surface area (Å²) in [6, 6.07) is 7.90. The van der Waals surface area contributed by atoms with Crippen molar-refractivity contribution in [2.24, 2.45) is 17.8 Å². The van der Waals surface area contributed by atoms with Crippen molar-refractivity contribution in [3.05, 3.63) is 35.9 Å². The third-order valence-corrected chi connectivity index (χ3v) is 3.87. The van der Waals surface area contributed by atoms with Gasteiger partial charge in [0, 0.05) is 0 Å². The minimum absolute atomic E-state index is 0.209. The summed E-state index contributed by atoms with van der Waals surface area (Å²) in [5.41, 5.74) is 1.14. The number of hydrogen-bond donors (Lipinski definition) is 1. The minimum atomic E-state index is -0.674. The van der Waals surface area contributed by atoms with Crippen LogP contribution in [-0.4, -0.2) is 18.2 Å². The van der Waals surface area contributed by atoms with E-state index in [9.17, 15) is 4.79 Å². The molecule has 0 bridgehead atoms. The van der Waals surface area contributed by atoms with Crippen LogP contribution < -0.4 is 4.74 Å². The van der Waals surface area contributed by atoms with Gasteiger partial charge in [0.05, 0.1) is 13.0 Å². The predicted molar refractivity (Wildman–Crippen MR) is 75.0 cm³/mol. The van der Waals surface area contributed by atoms with Crippen molar-refractivity contribution in [1.29, 1.82) is 0 Å². The van der Waals surface area contributed by atoms with E-state index in [0.29, 0.717) is 11.8 Å². The highest BCUT2D eigenvalue weighted by atomic mass is 16.5. The number of methoxy groups -OCH3 is 1. The van der Waals surface area contributed by atoms with Crippen molar-refractivity contribution >= 4 is 12.0 Å². The lowest BCUT2D eigenvalue weighted by Gasteiger charge is -2.03. The smallest absolute Gasteiger partial charge is 0.306 e. The Kier molecular flexibility index (Phi) is 4.25. The summed E-state index contributed by atoms with van der Waals surface area (Å²) in [5, 5.41) is 8.93. The second kappa shape index (κ2) is 5.91. The van der Waals surface area contributed by atoms with E-state index < -0.39 is 5.97 Å². The largest absolute Gasteiger partial charge is 0.497 e. The molecule has 1 saturated carbocycles. The third-order valence-electron chi connectivity index (χ3n) is 3.87. The van der Waals surface area contributed by atoms with Gasteiger partial charge in [0.2, 0.25) is 0 Å². The van der Waals surface area contributed by atoms with Crippen LogP contribution in [0.5, 0.6) is 5.75 Å². The Bertz CT molecular complexity index is 461. The molecular formula is C16H20O3. The zero-order valence-corrected chi connectivity index (χ0v) is 11.4. The fraction of sp³-hybridized carbons (Fsp3) is 0.438. The first-order valence-corrected chi connectivity index (χ1v) is 6.65. The van der Waals surface area contributed by atoms with Gasteiger partial charge < -0.3 is 9.84 Å². The Morgan fingerprint density at radius 1 is 1.47 bits per heavy atom. The molecule has 3 heteroatoms. The number of rotatable bonds is 6. The van der Waals surface area contributed by atoms with Gasteiger partial charge in [-0.2, -0.15) is 0 Å². The average molecular weight is 260 g/mol. The highest BCUT2D eigenvalue weighted by molar-refractivity contribution is 5.70. The second-order valence-electron chi connectivity index (χ2n) is 5.20. The zero-order chi connectivity index (χ0) is 13.8. The van der Waals surface area contributed by atoms with E-state index in [0.717, 1.165) is 24.2 Å². The Balaban J connectivity index is 1.80. The van der Waals surface area contributed by atoms with Crippen molar-refractivity contribution in [1.82, 2.24) is 0 Å². The van der Waals surface area contributed by atoms with E-state index in [4.69, 9.17) is 9.84 Å². The van der Waals surface area contributed by atoms with Crippen LogP contribution in [0.1, 0.15) is 25.3 Å². The van der Waals surface area contributed by atoms with Gasteiger partial charge in [0.1, 0.15) is 5.75 Å². The van der Waals surface area contributed by atoms with Crippen molar-refractivity contribution in [3.63, 3.8) is 0 Å². The van der Waals surface area contributed by atoms with E-state index in [-0.39, 0.29) is 5.92 Å². The SMILES string of the molecule is COc1ccc(C=CCC2CC2C(C)C(=O)O)cc1. The second-order valence-corrected chi connectivity index (χ2v) is 5.20. The molecule has 0 aliphatic heterocycles. The molecule has 102 valence electrons. The molecule has 1 aliphatic carbocycles. The van der Waals surface area contributed by atoms with E-state index in [1.54, 1.807) is 14.0 Å². The molecule has 19 heavy (non-hydrogen) atoms. The molecule has 1 N–H and O–H groups in total. The lowest BCUT2D eigenvalue weighted by atomic mass is 10.0. The number of aliphatic carboxylic acids is 1. The normalized spacial score (nSPS) is 23.3. The Morgan fingerprint density at radius 3 is 2.74 bits per heavy atom. The monoisotopic (exact) mass is 260 g/mol. The first kappa shape index (κ1) is 13.7. The molecule has 3 nitrogen and oxygen atoms in total. The number of carboxylic acids is 1. The van der Waals surface area contributed by atoms with Gasteiger partial charge in [-0.05, 0) is 42.4 Å². The molecule has 2 rings (SSSR count). The molecule has 1 aromatic rings. The molecule has 0 saturated heterocycles. The Labute approximate surface area is 113 Å². The van der Waals surface area contributed by atoms with Gasteiger partial charge in [-0.3, -0.25) is 4.79 Å². The van der Waals surface area contributed by atoms with Crippen molar-refractivity contribution in [3.8, 4) is 5.75 Å². The van der Waals surface area contributed by atoms with Gasteiger partial charge >= 0.3 is 5.97 Å². The van der Waals surface area contributed by atoms with Gasteiger partial charge in [0.25, 0.3) is 0 Å². The molecule has 1 aromatic carbocycles. The highest BCUT2D eigenvalue weighted by Gasteiger charge is 2.42. The fourth-order valence-corrected chi connectivity index (χ4v) is 2.43. The van der Waals surface area contributed by atoms with Crippen LogP contribution >= 0.6 is 0 Å². The highest BCUT2D eigenvalue weighted by Crippen LogP contribution is 2.46. The molecule has 3 atom stereocenters. The first-order valence-electron chi connectivity index (χ1n) is 6.65. The topological polar surface area (TPSA) is 46.5 Å². The molecular weight excluding hydrogens is 240 g/mol. The van der Waals surface area contributed by atoms with Gasteiger partial charge in [0.15, 0.2) is 0 Å². The summed E-state index contributed by atoms with van der Waals surface area (Å²) in [6.45, 7) is 1.81. The van der Waals surface area contributed by atoms with Crippen molar-refractivity contribution in [2.75, 3.05) is 7.11 Å². The van der Waals surface area contributed by atoms with Gasteiger partial charge in [-0.25, -0.2) is 0 Å². The first-order chi connectivity index (χ1) is 9.11. The quantitative estimate of drug-likeness (QED) is 0.852. The van der Waals surface area contributed by atoms with E-state index in [1.165, 1.54) is 0 Å². The minimum Gasteiger partial charge on any atom is -0.497 e. The maximum atomic E-state index is 10.9. The lowest BCUT2D eigenvalue weighted by molar-refractivity contribution is -0.141. The van der Waals surface area contributed by atoms with E-state index in [2.05, 4.69) is 12.2 Å². The number of hydrogen-bond acceptors (Lipinski definition) is 2. The fourth-order valence-electron chi connectivity index (χ4n) is 2.43. The third kappa shape index (κ3) is 3.60. The summed E-state index contributed by atoms with van der Waals surface area (Å²) >= 11 is 0. The number of carboxylic acid groups (broad SMARTS) is 1. The molecule has 0 radical (unpaired) electrons. The summed E-state index contributed by atoms with van der Waals surface area (Å²) in [5.74, 6) is 0.874. The van der Waals surface area contributed by atoms with Gasteiger partial charge in [-0.15, -0.1) is 0 Å². The van der Waals surface area contributed by atoms with E-state index in [1.807, 2.05) is 24.3 Å². The predicted octanol–water partition coefficient (Wildman–Crippen LogP) is 3.46. The van der Waals surface area contributed by atoms with Crippen molar-refractivity contribution in [2.45, 2.75) is 19.8 Å². The molecule has 0 spiro atoms. The number of benzene rings is 1. The van der Waals surface area contributed by atoms with Crippen LogP contribution in [0.25, 0.3) is 6.08 Å². The maximum Gasteiger partial charge on any atom is 0.306 e. The lowest BCUT2D eigenvalue weighted by Crippen LogP contribution is -2.12. The summed E-state index contributed by atoms with van der Waals surface area (Å²) < 4.78 is 5.10. The Hall–Kier alpha value is -1.77. The Morgan fingerprint density at radius 2 is 2.16 bits per heavy atom. The summed E-state index contributed by atoms with van der Waals surface area (Å²) in [6.07, 6.45) is 6.23. The van der Waals surface area contributed by atoms with Crippen molar-refractivity contribution < 1.29 is 14.6 Å². The number of allylic oxidation sites excluding steroid dienone is 1. The molecule has 1 aliphatic rings. The molecule has 1 fully saturated rings. The van der Waals surface area contributed by atoms with Crippen LogP contribution in [-0.2, 0) is 4.79 Å². The average Bonchev–Trinajstić information content (AvgIpc) is 3.18. The van der Waals surface area contributed by atoms with Crippen LogP contribution in [0, 0.1) is 17.8 Å². The number of carbonyl (C=O) groups is 1. The molecule has 0 aromatic heterocycles. The standard InChI is InChI=1S/C16H20O3/c1-11(16(17)18)15-10-13(15)5-3-4-12-6-8-14(19-2)9-7-12/h3-4,6-9,11,13,15H,5,10H2,1-2H3,(H,17,18). The molecule has 0 amide bonds. The van der Waals surface area contributed by atoms with Crippen LogP contribution in [0.3, 0.4) is 0 Å². The number of ether oxygens (including phenoxy) is 1. The maximum absolute atomic E-state index is 10.9.